The van der Waals surface area contributed by atoms with Gasteiger partial charge in [0.25, 0.3) is 0 Å². The van der Waals surface area contributed by atoms with Crippen molar-refractivity contribution < 1.29 is 18.6 Å². The number of aliphatic imine (C=N–C) groups is 1. The number of hydrogen-bond acceptors (Lipinski definition) is 5. The Hall–Kier alpha value is -2.83. The van der Waals surface area contributed by atoms with Crippen molar-refractivity contribution in [3.05, 3.63) is 41.9 Å². The minimum absolute atomic E-state index is 0.680. The van der Waals surface area contributed by atoms with E-state index in [1.807, 2.05) is 24.3 Å². The van der Waals surface area contributed by atoms with Gasteiger partial charge in [-0.3, -0.25) is 4.99 Å². The van der Waals surface area contributed by atoms with Gasteiger partial charge in [0.05, 0.1) is 27.6 Å². The summed E-state index contributed by atoms with van der Waals surface area (Å²) in [6, 6.07) is 7.56. The Morgan fingerprint density at radius 1 is 1.00 bits per heavy atom. The lowest BCUT2D eigenvalue weighted by atomic mass is 10.1. The van der Waals surface area contributed by atoms with Gasteiger partial charge in [-0.1, -0.05) is 0 Å². The van der Waals surface area contributed by atoms with Crippen LogP contribution >= 0.6 is 0 Å². The molecule has 1 aromatic carbocycles. The lowest BCUT2D eigenvalue weighted by molar-refractivity contribution is 0.368. The van der Waals surface area contributed by atoms with Crippen molar-refractivity contribution in [3.63, 3.8) is 0 Å². The van der Waals surface area contributed by atoms with Gasteiger partial charge in [0, 0.05) is 44.3 Å². The second-order valence-corrected chi connectivity index (χ2v) is 5.52. The molecule has 0 unspecified atom stereocenters. The predicted octanol–water partition coefficient (Wildman–Crippen LogP) is 2.26. The van der Waals surface area contributed by atoms with E-state index in [1.54, 1.807) is 34.6 Å². The summed E-state index contributed by atoms with van der Waals surface area (Å²) in [5.41, 5.74) is 0.981. The van der Waals surface area contributed by atoms with Gasteiger partial charge in [-0.15, -0.1) is 0 Å². The van der Waals surface area contributed by atoms with E-state index in [2.05, 4.69) is 15.6 Å². The molecule has 1 aromatic heterocycles. The number of hydrogen-bond donors (Lipinski definition) is 2. The van der Waals surface area contributed by atoms with Crippen LogP contribution in [0.15, 0.2) is 39.9 Å². The van der Waals surface area contributed by atoms with Gasteiger partial charge in [0.2, 0.25) is 0 Å². The summed E-state index contributed by atoms with van der Waals surface area (Å²) in [4.78, 5) is 4.23. The summed E-state index contributed by atoms with van der Waals surface area (Å²) in [6.45, 7) is 1.42. The van der Waals surface area contributed by atoms with Crippen LogP contribution in [-0.4, -0.2) is 47.4 Å². The van der Waals surface area contributed by atoms with Crippen LogP contribution < -0.4 is 24.8 Å². The van der Waals surface area contributed by atoms with Crippen molar-refractivity contribution >= 4 is 5.96 Å². The fraction of sp³-hybridized carbons (Fsp3) is 0.421. The first kappa shape index (κ1) is 19.5. The molecule has 0 saturated heterocycles. The Morgan fingerprint density at radius 2 is 1.65 bits per heavy atom. The molecule has 0 bridgehead atoms. The number of nitrogens with zero attached hydrogens (tertiary/aromatic N) is 1. The third kappa shape index (κ3) is 5.34. The quantitative estimate of drug-likeness (QED) is 0.527. The highest BCUT2D eigenvalue weighted by molar-refractivity contribution is 5.79. The predicted molar refractivity (Wildman–Crippen MR) is 102 cm³/mol. The Morgan fingerprint density at radius 3 is 2.15 bits per heavy atom. The number of nitrogens with one attached hydrogen (secondary N) is 2. The molecule has 0 atom stereocenters. The van der Waals surface area contributed by atoms with Crippen molar-refractivity contribution in [1.82, 2.24) is 10.6 Å². The van der Waals surface area contributed by atoms with Crippen molar-refractivity contribution in [2.75, 3.05) is 41.5 Å². The molecular weight excluding hydrogens is 334 g/mol. The zero-order valence-corrected chi connectivity index (χ0v) is 15.8. The molecule has 0 aliphatic rings. The van der Waals surface area contributed by atoms with E-state index in [-0.39, 0.29) is 0 Å². The highest BCUT2D eigenvalue weighted by Gasteiger charge is 2.13. The summed E-state index contributed by atoms with van der Waals surface area (Å²) >= 11 is 0. The second-order valence-electron chi connectivity index (χ2n) is 5.52. The maximum absolute atomic E-state index is 5.48. The second kappa shape index (κ2) is 10.2. The molecule has 0 aliphatic heterocycles. The van der Waals surface area contributed by atoms with Gasteiger partial charge in [-0.2, -0.15) is 0 Å². The fourth-order valence-electron chi connectivity index (χ4n) is 2.61. The molecule has 7 heteroatoms. The van der Waals surface area contributed by atoms with Gasteiger partial charge >= 0.3 is 0 Å². The Labute approximate surface area is 154 Å². The van der Waals surface area contributed by atoms with Crippen LogP contribution in [0, 0.1) is 0 Å². The summed E-state index contributed by atoms with van der Waals surface area (Å²) in [5.74, 6) is 3.86. The van der Waals surface area contributed by atoms with E-state index in [0.717, 1.165) is 48.2 Å². The average Bonchev–Trinajstić information content (AvgIpc) is 3.19. The van der Waals surface area contributed by atoms with Crippen molar-refractivity contribution in [2.24, 2.45) is 4.99 Å². The van der Waals surface area contributed by atoms with E-state index >= 15 is 0 Å². The minimum atomic E-state index is 0.680. The highest BCUT2D eigenvalue weighted by Crippen LogP contribution is 2.34. The zero-order chi connectivity index (χ0) is 18.8. The highest BCUT2D eigenvalue weighted by atomic mass is 16.5. The lowest BCUT2D eigenvalue weighted by Gasteiger charge is -2.16. The molecule has 0 saturated carbocycles. The Balaban J connectivity index is 1.89. The van der Waals surface area contributed by atoms with E-state index in [1.165, 1.54) is 0 Å². The zero-order valence-electron chi connectivity index (χ0n) is 15.8. The van der Waals surface area contributed by atoms with Crippen molar-refractivity contribution in [1.29, 1.82) is 0 Å². The Kier molecular flexibility index (Phi) is 7.67. The molecule has 26 heavy (non-hydrogen) atoms. The van der Waals surface area contributed by atoms with Gasteiger partial charge in [-0.05, 0) is 18.6 Å². The first-order valence-electron chi connectivity index (χ1n) is 8.47. The van der Waals surface area contributed by atoms with E-state index < -0.39 is 0 Å². The molecule has 0 amide bonds. The summed E-state index contributed by atoms with van der Waals surface area (Å²) in [5, 5.41) is 6.56. The van der Waals surface area contributed by atoms with E-state index in [9.17, 15) is 0 Å². The SMILES string of the molecule is CN=C(NCCc1ccco1)NCCc1c(OC)cc(OC)cc1OC. The van der Waals surface area contributed by atoms with Gasteiger partial charge < -0.3 is 29.3 Å². The molecular formula is C19H27N3O4. The van der Waals surface area contributed by atoms with Gasteiger partial charge in [0.15, 0.2) is 5.96 Å². The minimum Gasteiger partial charge on any atom is -0.496 e. The fourth-order valence-corrected chi connectivity index (χ4v) is 2.61. The maximum Gasteiger partial charge on any atom is 0.191 e. The summed E-state index contributed by atoms with van der Waals surface area (Å²) in [7, 11) is 6.64. The van der Waals surface area contributed by atoms with Gasteiger partial charge in [-0.25, -0.2) is 0 Å². The maximum atomic E-state index is 5.48. The van der Waals surface area contributed by atoms with Crippen LogP contribution in [0.5, 0.6) is 17.2 Å². The molecule has 0 spiro atoms. The summed E-state index contributed by atoms with van der Waals surface area (Å²) in [6.07, 6.45) is 3.20. The molecule has 2 rings (SSSR count). The van der Waals surface area contributed by atoms with Crippen LogP contribution in [0.4, 0.5) is 0 Å². The average molecular weight is 361 g/mol. The van der Waals surface area contributed by atoms with Crippen LogP contribution in [0.2, 0.25) is 0 Å². The molecule has 1 heterocycles. The molecule has 0 fully saturated rings. The normalized spacial score (nSPS) is 11.2. The van der Waals surface area contributed by atoms with Crippen LogP contribution in [-0.2, 0) is 12.8 Å². The van der Waals surface area contributed by atoms with Crippen LogP contribution in [0.3, 0.4) is 0 Å². The summed E-state index contributed by atoms with van der Waals surface area (Å²) < 4.78 is 21.5. The van der Waals surface area contributed by atoms with E-state index in [4.69, 9.17) is 18.6 Å². The standard InChI is InChI=1S/C19H27N3O4/c1-20-19(21-9-7-14-6-5-11-26-14)22-10-8-16-17(24-3)12-15(23-2)13-18(16)25-4/h5-6,11-13H,7-10H2,1-4H3,(H2,20,21,22). The third-order valence-corrected chi connectivity index (χ3v) is 3.95. The number of furan rings is 1. The first-order chi connectivity index (χ1) is 12.7. The number of guanidine groups is 1. The number of rotatable bonds is 9. The molecule has 7 nitrogen and oxygen atoms in total. The molecule has 0 aliphatic carbocycles. The number of methoxy groups -OCH3 is 3. The lowest BCUT2D eigenvalue weighted by Crippen LogP contribution is -2.39. The number of ether oxygens (including phenoxy) is 3. The topological polar surface area (TPSA) is 77.3 Å². The first-order valence-corrected chi connectivity index (χ1v) is 8.47. The molecule has 142 valence electrons. The third-order valence-electron chi connectivity index (χ3n) is 3.95. The molecule has 0 radical (unpaired) electrons. The number of benzene rings is 1. The van der Waals surface area contributed by atoms with Crippen LogP contribution in [0.1, 0.15) is 11.3 Å². The Bertz CT molecular complexity index is 674. The van der Waals surface area contributed by atoms with Crippen LogP contribution in [0.25, 0.3) is 0 Å². The molecule has 2 aromatic rings. The van der Waals surface area contributed by atoms with Crippen molar-refractivity contribution in [2.45, 2.75) is 12.8 Å². The van der Waals surface area contributed by atoms with E-state index in [0.29, 0.717) is 12.3 Å². The largest absolute Gasteiger partial charge is 0.496 e. The smallest absolute Gasteiger partial charge is 0.191 e. The van der Waals surface area contributed by atoms with Gasteiger partial charge in [0.1, 0.15) is 23.0 Å². The van der Waals surface area contributed by atoms with Crippen molar-refractivity contribution in [3.8, 4) is 17.2 Å². The monoisotopic (exact) mass is 361 g/mol. The molecule has 2 N–H and O–H groups in total.